The van der Waals surface area contributed by atoms with Gasteiger partial charge in [-0.05, 0) is 42.7 Å². The van der Waals surface area contributed by atoms with Gasteiger partial charge in [0.25, 0.3) is 5.91 Å². The van der Waals surface area contributed by atoms with E-state index in [9.17, 15) is 9.59 Å². The number of carbonyl (C=O) groups is 2. The van der Waals surface area contributed by atoms with Crippen LogP contribution in [0, 0.1) is 5.92 Å². The highest BCUT2D eigenvalue weighted by molar-refractivity contribution is 7.99. The number of rotatable bonds is 9. The quantitative estimate of drug-likeness (QED) is 0.248. The lowest BCUT2D eigenvalue weighted by atomic mass is 10.0. The Morgan fingerprint density at radius 3 is 2.22 bits per heavy atom. The zero-order valence-corrected chi connectivity index (χ0v) is 24.0. The van der Waals surface area contributed by atoms with Crippen molar-refractivity contribution in [3.63, 3.8) is 0 Å². The normalized spacial score (nSPS) is 12.0. The molecule has 0 saturated carbocycles. The topological polar surface area (TPSA) is 88.9 Å². The maximum atomic E-state index is 12.9. The first-order valence-corrected chi connectivity index (χ1v) is 13.6. The second-order valence-electron chi connectivity index (χ2n) is 8.26. The van der Waals surface area contributed by atoms with Crippen LogP contribution in [-0.4, -0.2) is 32.3 Å². The fourth-order valence-corrected chi connectivity index (χ4v) is 5.46. The Hall–Kier alpha value is -1.68. The fraction of sp³-hybridized carbons (Fsp3) is 0.304. The van der Waals surface area contributed by atoms with Crippen molar-refractivity contribution in [2.75, 3.05) is 11.1 Å². The number of nitrogens with one attached hydrogen (secondary N) is 2. The summed E-state index contributed by atoms with van der Waals surface area (Å²) in [5.74, 6) is 0.149. The van der Waals surface area contributed by atoms with Gasteiger partial charge in [-0.25, -0.2) is 0 Å². The molecule has 0 saturated heterocycles. The molecular formula is C23H22Cl5N5O2S. The van der Waals surface area contributed by atoms with E-state index < -0.39 is 6.04 Å². The van der Waals surface area contributed by atoms with Crippen molar-refractivity contribution in [2.24, 2.45) is 13.0 Å². The van der Waals surface area contributed by atoms with E-state index in [2.05, 4.69) is 20.8 Å². The molecule has 0 radical (unpaired) electrons. The van der Waals surface area contributed by atoms with E-state index in [4.69, 9.17) is 58.0 Å². The van der Waals surface area contributed by atoms with Crippen molar-refractivity contribution in [1.82, 2.24) is 20.1 Å². The number of nitrogens with zero attached hydrogens (tertiary/aromatic N) is 3. The van der Waals surface area contributed by atoms with Crippen molar-refractivity contribution in [3.05, 3.63) is 66.8 Å². The number of hydrogen-bond acceptors (Lipinski definition) is 5. The molecule has 0 spiro atoms. The highest BCUT2D eigenvalue weighted by Crippen LogP contribution is 2.34. The molecule has 0 aliphatic heterocycles. The zero-order chi connectivity index (χ0) is 26.6. The average Bonchev–Trinajstić information content (AvgIpc) is 3.14. The van der Waals surface area contributed by atoms with Crippen molar-refractivity contribution in [3.8, 4) is 0 Å². The molecule has 1 aromatic heterocycles. The van der Waals surface area contributed by atoms with Gasteiger partial charge in [-0.3, -0.25) is 9.59 Å². The van der Waals surface area contributed by atoms with Gasteiger partial charge in [-0.15, -0.1) is 10.2 Å². The molecule has 0 fully saturated rings. The first-order chi connectivity index (χ1) is 17.0. The van der Waals surface area contributed by atoms with Crippen LogP contribution in [0.15, 0.2) is 35.5 Å². The molecule has 2 N–H and O–H groups in total. The van der Waals surface area contributed by atoms with Gasteiger partial charge in [-0.1, -0.05) is 83.6 Å². The lowest BCUT2D eigenvalue weighted by Crippen LogP contribution is -2.31. The van der Waals surface area contributed by atoms with E-state index in [0.29, 0.717) is 33.0 Å². The van der Waals surface area contributed by atoms with E-state index in [-0.39, 0.29) is 44.2 Å². The molecule has 7 nitrogen and oxygen atoms in total. The Labute approximate surface area is 238 Å². The Balaban J connectivity index is 1.72. The van der Waals surface area contributed by atoms with Gasteiger partial charge in [0.2, 0.25) is 5.91 Å². The highest BCUT2D eigenvalue weighted by atomic mass is 35.5. The lowest BCUT2D eigenvalue weighted by molar-refractivity contribution is -0.113. The zero-order valence-electron chi connectivity index (χ0n) is 19.4. The SMILES string of the molecule is CC(C)C[C@@H](NC(=O)c1ccc(Cl)cc1Cl)c1nnc(SCC(=O)Nc2c(Cl)cc(Cl)cc2Cl)n1C. The standard InChI is InChI=1S/C23H22Cl5N5O2S/c1-11(2)6-18(29-22(35)14-5-4-12(24)7-15(14)26)21-31-32-23(33(21)3)36-10-19(34)30-20-16(27)8-13(25)9-17(20)28/h4-5,7-9,11,18H,6,10H2,1-3H3,(H,29,35)(H,30,34)/t18-/m1/s1. The Bertz CT molecular complexity index is 1260. The number of amides is 2. The summed E-state index contributed by atoms with van der Waals surface area (Å²) in [7, 11) is 1.78. The molecule has 1 atom stereocenters. The molecular weight excluding hydrogens is 588 g/mol. The van der Waals surface area contributed by atoms with Gasteiger partial charge < -0.3 is 15.2 Å². The summed E-state index contributed by atoms with van der Waals surface area (Å²) in [6.45, 7) is 4.08. The minimum absolute atomic E-state index is 0.0306. The molecule has 3 aromatic rings. The summed E-state index contributed by atoms with van der Waals surface area (Å²) in [5.41, 5.74) is 0.593. The lowest BCUT2D eigenvalue weighted by Gasteiger charge is -2.20. The Morgan fingerprint density at radius 2 is 1.61 bits per heavy atom. The van der Waals surface area contributed by atoms with Crippen LogP contribution >= 0.6 is 69.8 Å². The molecule has 2 amide bonds. The molecule has 2 aromatic carbocycles. The van der Waals surface area contributed by atoms with Gasteiger partial charge in [-0.2, -0.15) is 0 Å². The van der Waals surface area contributed by atoms with Crippen molar-refractivity contribution >= 4 is 87.3 Å². The third kappa shape index (κ3) is 7.43. The van der Waals surface area contributed by atoms with Crippen molar-refractivity contribution in [2.45, 2.75) is 31.5 Å². The maximum absolute atomic E-state index is 12.9. The second kappa shape index (κ2) is 12.7. The van der Waals surface area contributed by atoms with Crippen molar-refractivity contribution in [1.29, 1.82) is 0 Å². The number of aromatic nitrogens is 3. The first kappa shape index (κ1) is 28.9. The third-order valence-electron chi connectivity index (χ3n) is 4.97. The molecule has 0 unspecified atom stereocenters. The minimum atomic E-state index is -0.434. The first-order valence-electron chi connectivity index (χ1n) is 10.7. The Kier molecular flexibility index (Phi) is 10.2. The molecule has 3 rings (SSSR count). The van der Waals surface area contributed by atoms with E-state index in [1.165, 1.54) is 30.0 Å². The molecule has 1 heterocycles. The summed E-state index contributed by atoms with van der Waals surface area (Å²) in [4.78, 5) is 25.5. The summed E-state index contributed by atoms with van der Waals surface area (Å²) >= 11 is 31.5. The number of halogens is 5. The van der Waals surface area contributed by atoms with E-state index in [1.807, 2.05) is 13.8 Å². The van der Waals surface area contributed by atoms with Gasteiger partial charge in [0.05, 0.1) is 38.1 Å². The summed E-state index contributed by atoms with van der Waals surface area (Å²) in [6, 6.07) is 7.24. The summed E-state index contributed by atoms with van der Waals surface area (Å²) in [6.07, 6.45) is 0.613. The van der Waals surface area contributed by atoms with Crippen LogP contribution in [0.1, 0.15) is 42.5 Å². The number of hydrogen-bond donors (Lipinski definition) is 2. The monoisotopic (exact) mass is 607 g/mol. The third-order valence-corrected chi connectivity index (χ3v) is 7.35. The summed E-state index contributed by atoms with van der Waals surface area (Å²) in [5, 5.41) is 16.2. The van der Waals surface area contributed by atoms with E-state index in [0.717, 1.165) is 0 Å². The molecule has 192 valence electrons. The van der Waals surface area contributed by atoms with Crippen LogP contribution in [0.25, 0.3) is 0 Å². The smallest absolute Gasteiger partial charge is 0.253 e. The van der Waals surface area contributed by atoms with Gasteiger partial charge in [0, 0.05) is 17.1 Å². The summed E-state index contributed by atoms with van der Waals surface area (Å²) < 4.78 is 1.75. The minimum Gasteiger partial charge on any atom is -0.342 e. The largest absolute Gasteiger partial charge is 0.342 e. The number of anilines is 1. The molecule has 0 aliphatic rings. The number of thioether (sulfide) groups is 1. The van der Waals surface area contributed by atoms with Gasteiger partial charge >= 0.3 is 0 Å². The predicted octanol–water partition coefficient (Wildman–Crippen LogP) is 7.33. The van der Waals surface area contributed by atoms with Crippen molar-refractivity contribution < 1.29 is 9.59 Å². The fourth-order valence-electron chi connectivity index (χ4n) is 3.33. The van der Waals surface area contributed by atoms with E-state index >= 15 is 0 Å². The van der Waals surface area contributed by atoms with Gasteiger partial charge in [0.1, 0.15) is 0 Å². The van der Waals surface area contributed by atoms with E-state index in [1.54, 1.807) is 23.7 Å². The molecule has 0 bridgehead atoms. The highest BCUT2D eigenvalue weighted by Gasteiger charge is 2.24. The van der Waals surface area contributed by atoms with Crippen LogP contribution in [0.2, 0.25) is 25.1 Å². The second-order valence-corrected chi connectivity index (χ2v) is 11.3. The predicted molar refractivity (Wildman–Crippen MR) is 148 cm³/mol. The maximum Gasteiger partial charge on any atom is 0.253 e. The van der Waals surface area contributed by atoms with Crippen LogP contribution in [-0.2, 0) is 11.8 Å². The molecule has 0 aliphatic carbocycles. The molecule has 36 heavy (non-hydrogen) atoms. The average molecular weight is 610 g/mol. The van der Waals surface area contributed by atoms with Crippen LogP contribution in [0.5, 0.6) is 0 Å². The van der Waals surface area contributed by atoms with Crippen LogP contribution in [0.3, 0.4) is 0 Å². The van der Waals surface area contributed by atoms with Crippen LogP contribution < -0.4 is 10.6 Å². The van der Waals surface area contributed by atoms with Crippen LogP contribution in [0.4, 0.5) is 5.69 Å². The number of carbonyl (C=O) groups excluding carboxylic acids is 2. The molecule has 13 heteroatoms. The Morgan fingerprint density at radius 1 is 0.972 bits per heavy atom. The number of benzene rings is 2. The van der Waals surface area contributed by atoms with Gasteiger partial charge in [0.15, 0.2) is 11.0 Å².